The van der Waals surface area contributed by atoms with E-state index < -0.39 is 29.9 Å². The van der Waals surface area contributed by atoms with Crippen LogP contribution in [-0.2, 0) is 10.4 Å². The molecule has 5 nitrogen and oxygen atoms in total. The molecule has 1 atom stereocenters. The zero-order valence-electron chi connectivity index (χ0n) is 19.5. The first-order chi connectivity index (χ1) is 17.9. The lowest BCUT2D eigenvalue weighted by Crippen LogP contribution is -2.42. The minimum absolute atomic E-state index is 0.0146. The number of carbonyl (C=O) groups is 1. The van der Waals surface area contributed by atoms with Crippen LogP contribution in [0.25, 0.3) is 6.08 Å². The fraction of sp³-hybridized carbons (Fsp3) is 0.148. The topological polar surface area (TPSA) is 74.5 Å². The van der Waals surface area contributed by atoms with Crippen LogP contribution in [0.2, 0.25) is 10.0 Å². The number of oxime groups is 1. The lowest BCUT2D eigenvalue weighted by molar-refractivity contribution is -0.275. The van der Waals surface area contributed by atoms with Crippen LogP contribution >= 0.6 is 23.2 Å². The first-order valence-electron chi connectivity index (χ1n) is 11.0. The summed E-state index contributed by atoms with van der Waals surface area (Å²) in [5.41, 5.74) is -1.68. The second kappa shape index (κ2) is 10.5. The molecule has 1 unspecified atom stereocenters. The van der Waals surface area contributed by atoms with E-state index in [1.165, 1.54) is 48.6 Å². The third kappa shape index (κ3) is 5.52. The number of hydrogen-bond donors (Lipinski definition) is 1. The Balaban J connectivity index is 1.54. The summed E-state index contributed by atoms with van der Waals surface area (Å²) < 4.78 is 56.8. The van der Waals surface area contributed by atoms with E-state index in [0.717, 1.165) is 18.2 Å². The Labute approximate surface area is 224 Å². The highest BCUT2D eigenvalue weighted by Gasteiger charge is 2.62. The minimum Gasteiger partial charge on any atom is -0.374 e. The molecule has 3 aromatic carbocycles. The first kappa shape index (κ1) is 27.2. The van der Waals surface area contributed by atoms with Crippen molar-refractivity contribution in [2.75, 3.05) is 5.32 Å². The molecule has 4 rings (SSSR count). The van der Waals surface area contributed by atoms with E-state index in [1.54, 1.807) is 6.92 Å². The van der Waals surface area contributed by atoms with Gasteiger partial charge in [-0.3, -0.25) is 4.79 Å². The molecule has 0 radical (unpaired) electrons. The van der Waals surface area contributed by atoms with Crippen LogP contribution in [0, 0.1) is 24.1 Å². The van der Waals surface area contributed by atoms with Gasteiger partial charge in [0.1, 0.15) is 5.82 Å². The number of nitriles is 1. The molecule has 0 saturated heterocycles. The number of aryl methyl sites for hydroxylation is 1. The molecule has 194 valence electrons. The largest absolute Gasteiger partial charge is 0.435 e. The van der Waals surface area contributed by atoms with E-state index >= 15 is 0 Å². The first-order valence-corrected chi connectivity index (χ1v) is 11.8. The molecule has 0 fully saturated rings. The van der Waals surface area contributed by atoms with Crippen LogP contribution in [0.3, 0.4) is 0 Å². The number of halogens is 6. The number of nitrogens with zero attached hydrogens (tertiary/aromatic N) is 2. The van der Waals surface area contributed by atoms with Crippen LogP contribution in [0.4, 0.5) is 23.2 Å². The standard InChI is InChI=1S/C27H17Cl2F4N3O2/c1-15-8-17(14-34)3-6-22(15)25(37)35-24-9-16(4-7-23(24)30)2-5-21-13-26(38-36-21,27(31,32)33)18-10-19(28)12-20(29)11-18/h2-12H,13H2,1H3,(H,35,37)/b5-2+. The Bertz CT molecular complexity index is 1510. The maximum Gasteiger partial charge on any atom is 0.435 e. The quantitative estimate of drug-likeness (QED) is 0.323. The molecule has 1 N–H and O–H groups in total. The number of allylic oxidation sites excluding steroid dienone is 1. The zero-order chi connectivity index (χ0) is 27.7. The third-order valence-electron chi connectivity index (χ3n) is 5.84. The molecule has 38 heavy (non-hydrogen) atoms. The number of amides is 1. The van der Waals surface area contributed by atoms with Crippen molar-refractivity contribution in [3.63, 3.8) is 0 Å². The van der Waals surface area contributed by atoms with E-state index in [9.17, 15) is 22.4 Å². The van der Waals surface area contributed by atoms with Crippen molar-refractivity contribution in [2.45, 2.75) is 25.1 Å². The van der Waals surface area contributed by atoms with Gasteiger partial charge in [-0.25, -0.2) is 4.39 Å². The Kier molecular flexibility index (Phi) is 7.49. The van der Waals surface area contributed by atoms with Crippen LogP contribution < -0.4 is 5.32 Å². The summed E-state index contributed by atoms with van der Waals surface area (Å²) in [6.45, 7) is 1.65. The summed E-state index contributed by atoms with van der Waals surface area (Å²) in [5, 5.41) is 15.1. The van der Waals surface area contributed by atoms with Gasteiger partial charge in [-0.05, 0) is 72.7 Å². The molecule has 11 heteroatoms. The Morgan fingerprint density at radius 1 is 1.11 bits per heavy atom. The molecule has 3 aromatic rings. The number of carbonyl (C=O) groups excluding carboxylic acids is 1. The van der Waals surface area contributed by atoms with Crippen molar-refractivity contribution in [2.24, 2.45) is 5.16 Å². The molecule has 1 aliphatic heterocycles. The van der Waals surface area contributed by atoms with Crippen LogP contribution in [0.1, 0.15) is 39.0 Å². The van der Waals surface area contributed by atoms with Gasteiger partial charge in [0.15, 0.2) is 0 Å². The minimum atomic E-state index is -4.84. The lowest BCUT2D eigenvalue weighted by Gasteiger charge is -2.29. The number of nitrogens with one attached hydrogen (secondary N) is 1. The molecule has 0 bridgehead atoms. The molecule has 1 aliphatic rings. The summed E-state index contributed by atoms with van der Waals surface area (Å²) in [4.78, 5) is 17.6. The van der Waals surface area contributed by atoms with E-state index in [2.05, 4.69) is 10.5 Å². The monoisotopic (exact) mass is 561 g/mol. The maximum atomic E-state index is 14.4. The van der Waals surface area contributed by atoms with E-state index in [0.29, 0.717) is 16.7 Å². The smallest absolute Gasteiger partial charge is 0.374 e. The number of alkyl halides is 3. The average Bonchev–Trinajstić information content (AvgIpc) is 3.30. The molecule has 0 saturated carbocycles. The van der Waals surface area contributed by atoms with Gasteiger partial charge in [-0.15, -0.1) is 0 Å². The van der Waals surface area contributed by atoms with Gasteiger partial charge in [0.25, 0.3) is 11.5 Å². The molecular formula is C27H17Cl2F4N3O2. The van der Waals surface area contributed by atoms with Gasteiger partial charge in [-0.2, -0.15) is 18.4 Å². The highest BCUT2D eigenvalue weighted by Crippen LogP contribution is 2.49. The summed E-state index contributed by atoms with van der Waals surface area (Å²) >= 11 is 11.8. The number of rotatable bonds is 5. The molecule has 0 aliphatic carbocycles. The number of hydrogen-bond acceptors (Lipinski definition) is 4. The third-order valence-corrected chi connectivity index (χ3v) is 6.28. The summed E-state index contributed by atoms with van der Waals surface area (Å²) in [6.07, 6.45) is -2.76. The van der Waals surface area contributed by atoms with Crippen molar-refractivity contribution in [1.29, 1.82) is 5.26 Å². The van der Waals surface area contributed by atoms with Crippen molar-refractivity contribution in [3.05, 3.63) is 104 Å². The van der Waals surface area contributed by atoms with Gasteiger partial charge < -0.3 is 10.2 Å². The molecule has 0 aromatic heterocycles. The highest BCUT2D eigenvalue weighted by molar-refractivity contribution is 6.34. The SMILES string of the molecule is Cc1cc(C#N)ccc1C(=O)Nc1cc(/C=C/C2=NOC(c3cc(Cl)cc(Cl)c3)(C(F)(F)F)C2)ccc1F. The Morgan fingerprint density at radius 2 is 1.82 bits per heavy atom. The molecule has 1 heterocycles. The lowest BCUT2D eigenvalue weighted by atomic mass is 9.88. The van der Waals surface area contributed by atoms with E-state index in [4.69, 9.17) is 33.3 Å². The summed E-state index contributed by atoms with van der Waals surface area (Å²) in [7, 11) is 0. The zero-order valence-corrected chi connectivity index (χ0v) is 21.0. The fourth-order valence-electron chi connectivity index (χ4n) is 3.92. The Morgan fingerprint density at radius 3 is 2.45 bits per heavy atom. The average molecular weight is 562 g/mol. The van der Waals surface area contributed by atoms with E-state index in [-0.39, 0.29) is 32.6 Å². The summed E-state index contributed by atoms with van der Waals surface area (Å²) in [5.74, 6) is -1.30. The normalized spacial score (nSPS) is 17.2. The van der Waals surface area contributed by atoms with Crippen LogP contribution in [0.5, 0.6) is 0 Å². The maximum absolute atomic E-state index is 14.4. The predicted molar refractivity (Wildman–Crippen MR) is 137 cm³/mol. The van der Waals surface area contributed by atoms with E-state index in [1.807, 2.05) is 6.07 Å². The van der Waals surface area contributed by atoms with Crippen LogP contribution in [-0.4, -0.2) is 17.8 Å². The van der Waals surface area contributed by atoms with Crippen molar-refractivity contribution in [1.82, 2.24) is 0 Å². The van der Waals surface area contributed by atoms with Gasteiger partial charge in [0, 0.05) is 27.6 Å². The molecule has 0 spiro atoms. The summed E-state index contributed by atoms with van der Waals surface area (Å²) in [6, 6.07) is 13.8. The Hall–Kier alpha value is -3.87. The van der Waals surface area contributed by atoms with Gasteiger partial charge in [0.05, 0.1) is 23.0 Å². The molecular weight excluding hydrogens is 545 g/mol. The van der Waals surface area contributed by atoms with Gasteiger partial charge in [0.2, 0.25) is 0 Å². The highest BCUT2D eigenvalue weighted by atomic mass is 35.5. The molecule has 1 amide bonds. The van der Waals surface area contributed by atoms with Crippen molar-refractivity contribution < 1.29 is 27.2 Å². The van der Waals surface area contributed by atoms with Crippen molar-refractivity contribution >= 4 is 46.6 Å². The predicted octanol–water partition coefficient (Wildman–Crippen LogP) is 7.81. The van der Waals surface area contributed by atoms with Crippen LogP contribution in [0.15, 0.2) is 65.8 Å². The fourth-order valence-corrected chi connectivity index (χ4v) is 4.44. The van der Waals surface area contributed by atoms with Gasteiger partial charge in [-0.1, -0.05) is 40.5 Å². The number of anilines is 1. The van der Waals surface area contributed by atoms with Crippen molar-refractivity contribution in [3.8, 4) is 6.07 Å². The number of benzene rings is 3. The second-order valence-electron chi connectivity index (χ2n) is 8.50. The van der Waals surface area contributed by atoms with Gasteiger partial charge >= 0.3 is 6.18 Å². The second-order valence-corrected chi connectivity index (χ2v) is 9.37.